The third kappa shape index (κ3) is 4.95. The molecule has 3 amide bonds. The average Bonchev–Trinajstić information content (AvgIpc) is 3.24. The molecular formula is C33H43N3O4S. The molecule has 6 rings (SSSR count). The van der Waals surface area contributed by atoms with Crippen molar-refractivity contribution >= 4 is 29.5 Å². The Bertz CT molecular complexity index is 1210. The van der Waals surface area contributed by atoms with E-state index < -0.39 is 27.4 Å². The minimum absolute atomic E-state index is 0.000749. The molecule has 4 aliphatic heterocycles. The van der Waals surface area contributed by atoms with Gasteiger partial charge in [0.25, 0.3) is 0 Å². The van der Waals surface area contributed by atoms with Crippen molar-refractivity contribution in [3.8, 4) is 0 Å². The second-order valence-corrected chi connectivity index (χ2v) is 14.4. The lowest BCUT2D eigenvalue weighted by Gasteiger charge is -2.40. The van der Waals surface area contributed by atoms with Gasteiger partial charge in [-0.2, -0.15) is 0 Å². The number of aliphatic hydroxyl groups is 1. The van der Waals surface area contributed by atoms with E-state index in [-0.39, 0.29) is 30.4 Å². The molecule has 1 aromatic carbocycles. The molecule has 1 unspecified atom stereocenters. The van der Waals surface area contributed by atoms with Crippen molar-refractivity contribution < 1.29 is 19.5 Å². The van der Waals surface area contributed by atoms with E-state index in [1.165, 1.54) is 6.42 Å². The molecule has 1 spiro atoms. The summed E-state index contributed by atoms with van der Waals surface area (Å²) < 4.78 is -1.38. The highest BCUT2D eigenvalue weighted by molar-refractivity contribution is 8.02. The molecule has 41 heavy (non-hydrogen) atoms. The molecule has 3 fully saturated rings. The van der Waals surface area contributed by atoms with Crippen LogP contribution in [0.25, 0.3) is 0 Å². The number of benzene rings is 1. The first kappa shape index (κ1) is 28.5. The van der Waals surface area contributed by atoms with Crippen LogP contribution in [0.15, 0.2) is 54.6 Å². The van der Waals surface area contributed by atoms with E-state index in [4.69, 9.17) is 0 Å². The zero-order chi connectivity index (χ0) is 28.6. The summed E-state index contributed by atoms with van der Waals surface area (Å²) in [5.74, 6) is -1.16. The topological polar surface area (TPSA) is 81.2 Å². The van der Waals surface area contributed by atoms with Gasteiger partial charge in [0.1, 0.15) is 6.04 Å². The number of rotatable bonds is 8. The Labute approximate surface area is 248 Å². The fourth-order valence-corrected chi connectivity index (χ4v) is 10.2. The number of aliphatic hydroxyl groups excluding tert-OH is 1. The summed E-state index contributed by atoms with van der Waals surface area (Å²) in [6.07, 6.45) is 16.2. The minimum Gasteiger partial charge on any atom is -0.396 e. The standard InChI is InChI=1S/C33H43N3O4S/c1-32-17-11-19-34(23-24-13-5-2-6-14-24)29(38)26(32)27-30(39)36(20-9-4-10-22-37)28-31(40)35(25-15-7-3-8-16-25)21-12-18-33(27,28)41-32/h2,5-6,11-14,17-18,25-28,37H,3-4,7-10,15-16,19-23H2,1H3/t26-,27-,28?,32+,33-/m0/s1. The largest absolute Gasteiger partial charge is 0.396 e. The molecule has 1 aromatic rings. The van der Waals surface area contributed by atoms with Crippen LogP contribution < -0.4 is 0 Å². The second kappa shape index (κ2) is 11.6. The molecule has 0 aromatic heterocycles. The Kier molecular flexibility index (Phi) is 8.07. The summed E-state index contributed by atoms with van der Waals surface area (Å²) in [6, 6.07) is 9.59. The number of carbonyl (C=O) groups excluding carboxylic acids is 3. The van der Waals surface area contributed by atoms with E-state index in [1.807, 2.05) is 45.0 Å². The quantitative estimate of drug-likeness (QED) is 0.371. The molecule has 1 saturated carbocycles. The van der Waals surface area contributed by atoms with Gasteiger partial charge in [-0.25, -0.2) is 0 Å². The van der Waals surface area contributed by atoms with E-state index >= 15 is 0 Å². The highest BCUT2D eigenvalue weighted by Crippen LogP contribution is 2.65. The van der Waals surface area contributed by atoms with Crippen LogP contribution in [-0.4, -0.2) is 85.3 Å². The number of fused-ring (bicyclic) bond motifs is 2. The van der Waals surface area contributed by atoms with Crippen LogP contribution in [0.4, 0.5) is 0 Å². The van der Waals surface area contributed by atoms with Crippen molar-refractivity contribution in [1.29, 1.82) is 0 Å². The molecular weight excluding hydrogens is 534 g/mol. The normalized spacial score (nSPS) is 33.6. The van der Waals surface area contributed by atoms with Gasteiger partial charge in [0.05, 0.1) is 16.6 Å². The van der Waals surface area contributed by atoms with Crippen molar-refractivity contribution in [1.82, 2.24) is 14.7 Å². The summed E-state index contributed by atoms with van der Waals surface area (Å²) in [7, 11) is 0. The third-order valence-corrected chi connectivity index (χ3v) is 11.8. The van der Waals surface area contributed by atoms with Gasteiger partial charge in [0, 0.05) is 43.6 Å². The summed E-state index contributed by atoms with van der Waals surface area (Å²) in [5, 5.41) is 9.33. The van der Waals surface area contributed by atoms with Crippen LogP contribution in [0.2, 0.25) is 0 Å². The van der Waals surface area contributed by atoms with Crippen LogP contribution in [0.5, 0.6) is 0 Å². The lowest BCUT2D eigenvalue weighted by Crippen LogP contribution is -2.55. The first-order valence-electron chi connectivity index (χ1n) is 15.5. The summed E-state index contributed by atoms with van der Waals surface area (Å²) in [6.45, 7) is 4.25. The highest BCUT2D eigenvalue weighted by Gasteiger charge is 2.73. The predicted octanol–water partition coefficient (Wildman–Crippen LogP) is 4.17. The van der Waals surface area contributed by atoms with Gasteiger partial charge >= 0.3 is 0 Å². The lowest BCUT2D eigenvalue weighted by atomic mass is 9.74. The van der Waals surface area contributed by atoms with Crippen molar-refractivity contribution in [2.45, 2.75) is 86.4 Å². The number of amides is 3. The number of nitrogens with zero attached hydrogens (tertiary/aromatic N) is 3. The maximum atomic E-state index is 14.6. The van der Waals surface area contributed by atoms with Gasteiger partial charge in [0.15, 0.2) is 0 Å². The van der Waals surface area contributed by atoms with Crippen LogP contribution in [0, 0.1) is 11.8 Å². The first-order valence-corrected chi connectivity index (χ1v) is 16.3. The Morgan fingerprint density at radius 1 is 0.878 bits per heavy atom. The maximum absolute atomic E-state index is 14.6. The summed E-state index contributed by atoms with van der Waals surface area (Å²) in [5.41, 5.74) is 1.06. The van der Waals surface area contributed by atoms with Gasteiger partial charge in [-0.15, -0.1) is 11.8 Å². The molecule has 2 saturated heterocycles. The van der Waals surface area contributed by atoms with E-state index in [1.54, 1.807) is 11.8 Å². The predicted molar refractivity (Wildman–Crippen MR) is 161 cm³/mol. The SMILES string of the molecule is C[C@@]12C=CCN(Cc3ccccc3)C(=O)[C@@H]1[C@H]1C(=O)N(CCCCCO)C3C(=O)N(C4CCCCC4)CC=C[C@@]31S2. The maximum Gasteiger partial charge on any atom is 0.247 e. The molecule has 4 heterocycles. The fraction of sp³-hybridized carbons (Fsp3) is 0.606. The van der Waals surface area contributed by atoms with Gasteiger partial charge in [0.2, 0.25) is 17.7 Å². The molecule has 220 valence electrons. The number of unbranched alkanes of at least 4 members (excludes halogenated alkanes) is 2. The molecule has 8 heteroatoms. The Morgan fingerprint density at radius 3 is 2.39 bits per heavy atom. The molecule has 5 atom stereocenters. The molecule has 1 aliphatic carbocycles. The molecule has 0 radical (unpaired) electrons. The molecule has 0 bridgehead atoms. The average molecular weight is 578 g/mol. The van der Waals surface area contributed by atoms with Crippen molar-refractivity contribution in [2.24, 2.45) is 11.8 Å². The van der Waals surface area contributed by atoms with Crippen molar-refractivity contribution in [3.63, 3.8) is 0 Å². The molecule has 5 aliphatic rings. The Balaban J connectivity index is 1.38. The Hall–Kier alpha value is -2.58. The van der Waals surface area contributed by atoms with E-state index in [2.05, 4.69) is 31.2 Å². The fourth-order valence-electron chi connectivity index (χ4n) is 8.07. The van der Waals surface area contributed by atoms with Crippen molar-refractivity contribution in [2.75, 3.05) is 26.2 Å². The number of likely N-dealkylation sites (tertiary alicyclic amines) is 1. The van der Waals surface area contributed by atoms with Gasteiger partial charge in [-0.05, 0) is 44.6 Å². The zero-order valence-electron chi connectivity index (χ0n) is 24.1. The Morgan fingerprint density at radius 2 is 1.63 bits per heavy atom. The number of hydrogen-bond donors (Lipinski definition) is 1. The van der Waals surface area contributed by atoms with Crippen LogP contribution in [0.3, 0.4) is 0 Å². The van der Waals surface area contributed by atoms with E-state index in [0.717, 1.165) is 44.1 Å². The molecule has 1 N–H and O–H groups in total. The van der Waals surface area contributed by atoms with Crippen LogP contribution >= 0.6 is 11.8 Å². The number of carbonyl (C=O) groups is 3. The van der Waals surface area contributed by atoms with Crippen LogP contribution in [-0.2, 0) is 20.9 Å². The number of hydrogen-bond acceptors (Lipinski definition) is 5. The lowest BCUT2D eigenvalue weighted by molar-refractivity contribution is -0.145. The van der Waals surface area contributed by atoms with Gasteiger partial charge in [-0.1, -0.05) is 73.9 Å². The van der Waals surface area contributed by atoms with Crippen LogP contribution in [0.1, 0.15) is 63.9 Å². The third-order valence-electron chi connectivity index (χ3n) is 9.96. The van der Waals surface area contributed by atoms with Gasteiger partial charge in [-0.3, -0.25) is 14.4 Å². The van der Waals surface area contributed by atoms with E-state index in [9.17, 15) is 19.5 Å². The number of thioether (sulfide) groups is 1. The monoisotopic (exact) mass is 577 g/mol. The highest BCUT2D eigenvalue weighted by atomic mass is 32.2. The first-order chi connectivity index (χ1) is 19.9. The smallest absolute Gasteiger partial charge is 0.247 e. The zero-order valence-corrected chi connectivity index (χ0v) is 24.9. The van der Waals surface area contributed by atoms with E-state index in [0.29, 0.717) is 32.6 Å². The second-order valence-electron chi connectivity index (χ2n) is 12.6. The molecule has 7 nitrogen and oxygen atoms in total. The summed E-state index contributed by atoms with van der Waals surface area (Å²) in [4.78, 5) is 49.3. The summed E-state index contributed by atoms with van der Waals surface area (Å²) >= 11 is 1.67. The van der Waals surface area contributed by atoms with Crippen molar-refractivity contribution in [3.05, 3.63) is 60.2 Å². The van der Waals surface area contributed by atoms with Gasteiger partial charge < -0.3 is 19.8 Å². The minimum atomic E-state index is -0.788.